The zero-order chi connectivity index (χ0) is 15.0. The van der Waals surface area contributed by atoms with Gasteiger partial charge < -0.3 is 20.7 Å². The van der Waals surface area contributed by atoms with Gasteiger partial charge in [-0.2, -0.15) is 0 Å². The first-order valence-electron chi connectivity index (χ1n) is 6.08. The Morgan fingerprint density at radius 1 is 1.15 bits per heavy atom. The third-order valence-corrected chi connectivity index (χ3v) is 2.54. The standard InChI is InChI=1S/C13H17N3O4/c1-14-11(17)7-15-8-12(18)16-10-6-4-3-5-9(10)13(19)20-2/h3-6,15H,7-8H2,1-2H3,(H,14,17)(H,16,18)/p+1. The summed E-state index contributed by atoms with van der Waals surface area (Å²) in [6.45, 7) is 0.255. The Balaban J connectivity index is 2.58. The normalized spacial score (nSPS) is 9.70. The van der Waals surface area contributed by atoms with Crippen LogP contribution in [0.25, 0.3) is 0 Å². The molecule has 0 fully saturated rings. The molecule has 0 saturated carbocycles. The number of rotatable bonds is 6. The third-order valence-electron chi connectivity index (χ3n) is 2.54. The summed E-state index contributed by atoms with van der Waals surface area (Å²) in [4.78, 5) is 34.2. The van der Waals surface area contributed by atoms with Crippen molar-refractivity contribution in [3.8, 4) is 0 Å². The summed E-state index contributed by atoms with van der Waals surface area (Å²) in [6.07, 6.45) is 0. The van der Waals surface area contributed by atoms with Crippen LogP contribution in [-0.2, 0) is 14.3 Å². The van der Waals surface area contributed by atoms with Crippen molar-refractivity contribution in [1.82, 2.24) is 5.32 Å². The fourth-order valence-electron chi connectivity index (χ4n) is 1.52. The summed E-state index contributed by atoms with van der Waals surface area (Å²) >= 11 is 0. The fraction of sp³-hybridized carbons (Fsp3) is 0.308. The molecule has 7 heteroatoms. The maximum atomic E-state index is 11.7. The molecule has 1 aromatic carbocycles. The van der Waals surface area contributed by atoms with Crippen molar-refractivity contribution in [2.24, 2.45) is 0 Å². The van der Waals surface area contributed by atoms with Crippen molar-refractivity contribution in [1.29, 1.82) is 0 Å². The van der Waals surface area contributed by atoms with Crippen LogP contribution in [-0.4, -0.2) is 45.0 Å². The van der Waals surface area contributed by atoms with Crippen LogP contribution in [0.2, 0.25) is 0 Å². The van der Waals surface area contributed by atoms with E-state index in [-0.39, 0.29) is 30.5 Å². The highest BCUT2D eigenvalue weighted by atomic mass is 16.5. The Morgan fingerprint density at radius 3 is 2.45 bits per heavy atom. The molecule has 20 heavy (non-hydrogen) atoms. The smallest absolute Gasteiger partial charge is 0.339 e. The second-order valence-corrected chi connectivity index (χ2v) is 3.96. The molecule has 7 nitrogen and oxygen atoms in total. The molecule has 108 valence electrons. The Labute approximate surface area is 116 Å². The van der Waals surface area contributed by atoms with E-state index in [9.17, 15) is 14.4 Å². The van der Waals surface area contributed by atoms with Gasteiger partial charge in [-0.05, 0) is 12.1 Å². The van der Waals surface area contributed by atoms with Gasteiger partial charge in [-0.1, -0.05) is 12.1 Å². The Hall–Kier alpha value is -2.41. The van der Waals surface area contributed by atoms with E-state index in [1.165, 1.54) is 14.2 Å². The average molecular weight is 280 g/mol. The van der Waals surface area contributed by atoms with Crippen LogP contribution in [0.5, 0.6) is 0 Å². The first kappa shape index (κ1) is 15.6. The molecule has 0 heterocycles. The van der Waals surface area contributed by atoms with Gasteiger partial charge in [0.1, 0.15) is 0 Å². The number of esters is 1. The largest absolute Gasteiger partial charge is 0.465 e. The first-order chi connectivity index (χ1) is 9.58. The molecular weight excluding hydrogens is 262 g/mol. The third kappa shape index (κ3) is 4.69. The van der Waals surface area contributed by atoms with Gasteiger partial charge >= 0.3 is 5.97 Å². The number of nitrogens with two attached hydrogens (primary N) is 1. The summed E-state index contributed by atoms with van der Waals surface area (Å²) in [5, 5.41) is 6.64. The molecule has 0 atom stereocenters. The summed E-state index contributed by atoms with van der Waals surface area (Å²) < 4.78 is 4.63. The molecule has 0 spiro atoms. The summed E-state index contributed by atoms with van der Waals surface area (Å²) in [7, 11) is 2.81. The Bertz CT molecular complexity index is 502. The molecule has 2 amide bonds. The van der Waals surface area contributed by atoms with E-state index in [0.29, 0.717) is 5.69 Å². The van der Waals surface area contributed by atoms with Gasteiger partial charge in [0.25, 0.3) is 11.8 Å². The van der Waals surface area contributed by atoms with E-state index in [0.717, 1.165) is 0 Å². The number of anilines is 1. The van der Waals surface area contributed by atoms with Crippen LogP contribution in [0.1, 0.15) is 10.4 Å². The van der Waals surface area contributed by atoms with Crippen LogP contribution in [0.4, 0.5) is 5.69 Å². The Kier molecular flexibility index (Phi) is 6.18. The van der Waals surface area contributed by atoms with E-state index >= 15 is 0 Å². The average Bonchev–Trinajstić information content (AvgIpc) is 2.46. The molecule has 1 aromatic rings. The number of methoxy groups -OCH3 is 1. The zero-order valence-corrected chi connectivity index (χ0v) is 11.4. The maximum absolute atomic E-state index is 11.7. The number of amides is 2. The number of hydrogen-bond donors (Lipinski definition) is 3. The highest BCUT2D eigenvalue weighted by Gasteiger charge is 2.14. The topological polar surface area (TPSA) is 101 Å². The zero-order valence-electron chi connectivity index (χ0n) is 11.4. The number of ether oxygens (including phenoxy) is 1. The predicted molar refractivity (Wildman–Crippen MR) is 72.1 cm³/mol. The number of likely N-dealkylation sites (N-methyl/N-ethyl adjacent to an activating group) is 1. The van der Waals surface area contributed by atoms with Gasteiger partial charge in [0.15, 0.2) is 13.1 Å². The van der Waals surface area contributed by atoms with Crippen molar-refractivity contribution >= 4 is 23.5 Å². The lowest BCUT2D eigenvalue weighted by atomic mass is 10.2. The molecule has 0 unspecified atom stereocenters. The minimum atomic E-state index is -0.518. The lowest BCUT2D eigenvalue weighted by Gasteiger charge is -2.08. The van der Waals surface area contributed by atoms with Gasteiger partial charge in [0, 0.05) is 7.05 Å². The number of quaternary nitrogens is 1. The number of hydrogen-bond acceptors (Lipinski definition) is 4. The molecular formula is C13H18N3O4+. The first-order valence-corrected chi connectivity index (χ1v) is 6.08. The number of carbonyl (C=O) groups excluding carboxylic acids is 3. The van der Waals surface area contributed by atoms with Crippen molar-refractivity contribution in [3.05, 3.63) is 29.8 Å². The minimum Gasteiger partial charge on any atom is -0.465 e. The van der Waals surface area contributed by atoms with Gasteiger partial charge in [0.2, 0.25) is 0 Å². The van der Waals surface area contributed by atoms with Crippen LogP contribution in [0.3, 0.4) is 0 Å². The molecule has 0 aliphatic heterocycles. The maximum Gasteiger partial charge on any atom is 0.339 e. The molecule has 0 bridgehead atoms. The van der Waals surface area contributed by atoms with E-state index in [1.54, 1.807) is 29.6 Å². The highest BCUT2D eigenvalue weighted by Crippen LogP contribution is 2.15. The van der Waals surface area contributed by atoms with E-state index in [4.69, 9.17) is 0 Å². The van der Waals surface area contributed by atoms with E-state index in [1.807, 2.05) is 0 Å². The monoisotopic (exact) mass is 280 g/mol. The fourth-order valence-corrected chi connectivity index (χ4v) is 1.52. The van der Waals surface area contributed by atoms with Crippen LogP contribution in [0.15, 0.2) is 24.3 Å². The quantitative estimate of drug-likeness (QED) is 0.565. The highest BCUT2D eigenvalue weighted by molar-refractivity contribution is 6.01. The summed E-state index contributed by atoms with van der Waals surface area (Å²) in [5.74, 6) is -0.978. The van der Waals surface area contributed by atoms with Crippen LogP contribution >= 0.6 is 0 Å². The predicted octanol–water partition coefficient (Wildman–Crippen LogP) is -1.28. The molecule has 0 saturated heterocycles. The lowest BCUT2D eigenvalue weighted by molar-refractivity contribution is -0.632. The van der Waals surface area contributed by atoms with Crippen LogP contribution < -0.4 is 16.0 Å². The second kappa shape index (κ2) is 7.90. The van der Waals surface area contributed by atoms with E-state index < -0.39 is 5.97 Å². The van der Waals surface area contributed by atoms with Gasteiger partial charge in [-0.25, -0.2) is 4.79 Å². The molecule has 0 aromatic heterocycles. The van der Waals surface area contributed by atoms with Gasteiger partial charge in [0.05, 0.1) is 18.4 Å². The van der Waals surface area contributed by atoms with Crippen molar-refractivity contribution in [2.45, 2.75) is 0 Å². The number of carbonyl (C=O) groups is 3. The van der Waals surface area contributed by atoms with Gasteiger partial charge in [-0.3, -0.25) is 9.59 Å². The number of nitrogens with one attached hydrogen (secondary N) is 2. The summed E-state index contributed by atoms with van der Waals surface area (Å²) in [5.41, 5.74) is 0.673. The van der Waals surface area contributed by atoms with Crippen LogP contribution in [0, 0.1) is 0 Å². The molecule has 0 aliphatic carbocycles. The number of para-hydroxylation sites is 1. The molecule has 0 radical (unpaired) electrons. The second-order valence-electron chi connectivity index (χ2n) is 3.96. The van der Waals surface area contributed by atoms with Crippen molar-refractivity contribution in [2.75, 3.05) is 32.6 Å². The summed E-state index contributed by atoms with van der Waals surface area (Å²) in [6, 6.07) is 6.56. The lowest BCUT2D eigenvalue weighted by Crippen LogP contribution is -2.88. The SMILES string of the molecule is CNC(=O)C[NH2+]CC(=O)Nc1ccccc1C(=O)OC. The van der Waals surface area contributed by atoms with Crippen molar-refractivity contribution < 1.29 is 24.4 Å². The van der Waals surface area contributed by atoms with Gasteiger partial charge in [-0.15, -0.1) is 0 Å². The molecule has 0 aliphatic rings. The molecule has 1 rings (SSSR count). The minimum absolute atomic E-state index is 0.0862. The Morgan fingerprint density at radius 2 is 1.80 bits per heavy atom. The molecule has 4 N–H and O–H groups in total. The van der Waals surface area contributed by atoms with Crippen molar-refractivity contribution in [3.63, 3.8) is 0 Å². The number of benzene rings is 1. The van der Waals surface area contributed by atoms with E-state index in [2.05, 4.69) is 15.4 Å².